The summed E-state index contributed by atoms with van der Waals surface area (Å²) >= 11 is 5.95. The topological polar surface area (TPSA) is 115 Å². The Bertz CT molecular complexity index is 1120. The van der Waals surface area contributed by atoms with Crippen LogP contribution < -0.4 is 9.64 Å². The van der Waals surface area contributed by atoms with E-state index in [2.05, 4.69) is 9.97 Å². The molecule has 3 aromatic rings. The number of carbonyl (C=O) groups excluding carboxylic acids is 1. The number of rotatable bonds is 5. The molecule has 2 aromatic heterocycles. The summed E-state index contributed by atoms with van der Waals surface area (Å²) in [5, 5.41) is 11.7. The van der Waals surface area contributed by atoms with E-state index < -0.39 is 16.4 Å². The van der Waals surface area contributed by atoms with Gasteiger partial charge in [0.05, 0.1) is 16.2 Å². The predicted octanol–water partition coefficient (Wildman–Crippen LogP) is 3.53. The summed E-state index contributed by atoms with van der Waals surface area (Å²) in [6.07, 6.45) is 2.55. The third-order valence-electron chi connectivity index (χ3n) is 4.65. The van der Waals surface area contributed by atoms with Gasteiger partial charge in [0.25, 0.3) is 5.91 Å². The van der Waals surface area contributed by atoms with Gasteiger partial charge in [-0.2, -0.15) is 4.98 Å². The first-order valence-corrected chi connectivity index (χ1v) is 9.52. The maximum absolute atomic E-state index is 13.3. The van der Waals surface area contributed by atoms with E-state index in [1.807, 2.05) is 0 Å². The van der Waals surface area contributed by atoms with E-state index in [1.165, 1.54) is 12.3 Å². The first-order valence-electron chi connectivity index (χ1n) is 9.14. The highest BCUT2D eigenvalue weighted by Crippen LogP contribution is 2.38. The molecule has 0 N–H and O–H groups in total. The van der Waals surface area contributed by atoms with Crippen LogP contribution in [0.4, 0.5) is 15.9 Å². The Kier molecular flexibility index (Phi) is 5.67. The predicted molar refractivity (Wildman–Crippen MR) is 107 cm³/mol. The molecule has 31 heavy (non-hydrogen) atoms. The lowest BCUT2D eigenvalue weighted by Gasteiger charge is -2.34. The second kappa shape index (κ2) is 8.56. The summed E-state index contributed by atoms with van der Waals surface area (Å²) in [6, 6.07) is 6.60. The van der Waals surface area contributed by atoms with Crippen LogP contribution in [-0.4, -0.2) is 51.9 Å². The summed E-state index contributed by atoms with van der Waals surface area (Å²) in [4.78, 5) is 34.7. The van der Waals surface area contributed by atoms with Gasteiger partial charge in [-0.3, -0.25) is 14.9 Å². The van der Waals surface area contributed by atoms with E-state index in [0.717, 1.165) is 18.5 Å². The van der Waals surface area contributed by atoms with Crippen molar-refractivity contribution in [3.8, 4) is 11.6 Å². The molecule has 1 amide bonds. The molecule has 1 aromatic carbocycles. The Balaban J connectivity index is 1.56. The van der Waals surface area contributed by atoms with Gasteiger partial charge in [-0.15, -0.1) is 0 Å². The van der Waals surface area contributed by atoms with Crippen LogP contribution >= 0.6 is 11.6 Å². The number of hydrogen-bond acceptors (Lipinski definition) is 8. The number of halogens is 2. The Morgan fingerprint density at radius 1 is 1.23 bits per heavy atom. The van der Waals surface area contributed by atoms with Crippen molar-refractivity contribution in [1.82, 2.24) is 14.9 Å². The molecule has 0 saturated carbocycles. The standard InChI is InChI=1S/C19H15ClFN5O5/c20-13-10-12(21)3-4-14(13)31-18-16(26(28)29)17(22-11-23-18)24-5-7-25(8-6-24)19(27)15-2-1-9-30-15/h1-4,9-11H,5-8H2. The fourth-order valence-corrected chi connectivity index (χ4v) is 3.37. The smallest absolute Gasteiger partial charge is 0.373 e. The number of carbonyl (C=O) groups is 1. The minimum Gasteiger partial charge on any atom is -0.459 e. The molecule has 0 spiro atoms. The van der Waals surface area contributed by atoms with Crippen LogP contribution in [0, 0.1) is 15.9 Å². The maximum atomic E-state index is 13.3. The second-order valence-corrected chi connectivity index (χ2v) is 6.95. The molecule has 12 heteroatoms. The first-order chi connectivity index (χ1) is 14.9. The molecule has 0 unspecified atom stereocenters. The maximum Gasteiger partial charge on any atom is 0.373 e. The van der Waals surface area contributed by atoms with Gasteiger partial charge in [0.2, 0.25) is 5.82 Å². The van der Waals surface area contributed by atoms with E-state index in [9.17, 15) is 19.3 Å². The Morgan fingerprint density at radius 2 is 2.00 bits per heavy atom. The minimum atomic E-state index is -0.650. The normalized spacial score (nSPS) is 13.9. The molecule has 4 rings (SSSR count). The monoisotopic (exact) mass is 447 g/mol. The molecule has 3 heterocycles. The van der Waals surface area contributed by atoms with Crippen LogP contribution in [0.15, 0.2) is 47.3 Å². The second-order valence-electron chi connectivity index (χ2n) is 6.54. The fourth-order valence-electron chi connectivity index (χ4n) is 3.16. The molecule has 0 bridgehead atoms. The number of amides is 1. The Labute approximate surface area is 180 Å². The summed E-state index contributed by atoms with van der Waals surface area (Å²) in [6.45, 7) is 1.25. The van der Waals surface area contributed by atoms with Crippen LogP contribution in [0.3, 0.4) is 0 Å². The summed E-state index contributed by atoms with van der Waals surface area (Å²) < 4.78 is 23.9. The van der Waals surface area contributed by atoms with Crippen molar-refractivity contribution >= 4 is 29.0 Å². The number of nitrogens with zero attached hydrogens (tertiary/aromatic N) is 5. The lowest BCUT2D eigenvalue weighted by Crippen LogP contribution is -2.49. The highest BCUT2D eigenvalue weighted by molar-refractivity contribution is 6.32. The number of benzene rings is 1. The third-order valence-corrected chi connectivity index (χ3v) is 4.95. The Morgan fingerprint density at radius 3 is 2.65 bits per heavy atom. The van der Waals surface area contributed by atoms with Crippen molar-refractivity contribution in [1.29, 1.82) is 0 Å². The lowest BCUT2D eigenvalue weighted by molar-refractivity contribution is -0.385. The van der Waals surface area contributed by atoms with E-state index in [0.29, 0.717) is 26.2 Å². The molecule has 160 valence electrons. The number of anilines is 1. The summed E-state index contributed by atoms with van der Waals surface area (Å²) in [5.41, 5.74) is -0.450. The molecule has 1 aliphatic rings. The van der Waals surface area contributed by atoms with Gasteiger partial charge >= 0.3 is 11.6 Å². The molecule has 1 saturated heterocycles. The molecule has 0 radical (unpaired) electrons. The van der Waals surface area contributed by atoms with E-state index in [4.69, 9.17) is 20.8 Å². The lowest BCUT2D eigenvalue weighted by atomic mass is 10.2. The highest BCUT2D eigenvalue weighted by Gasteiger charge is 2.32. The van der Waals surface area contributed by atoms with Crippen LogP contribution in [0.5, 0.6) is 11.6 Å². The van der Waals surface area contributed by atoms with Crippen molar-refractivity contribution in [3.63, 3.8) is 0 Å². The van der Waals surface area contributed by atoms with Crippen LogP contribution in [0.1, 0.15) is 10.6 Å². The van der Waals surface area contributed by atoms with Crippen molar-refractivity contribution in [2.45, 2.75) is 0 Å². The highest BCUT2D eigenvalue weighted by atomic mass is 35.5. The number of piperazine rings is 1. The average Bonchev–Trinajstić information content (AvgIpc) is 3.30. The van der Waals surface area contributed by atoms with Gasteiger partial charge in [-0.25, -0.2) is 9.37 Å². The zero-order chi connectivity index (χ0) is 22.0. The van der Waals surface area contributed by atoms with E-state index >= 15 is 0 Å². The van der Waals surface area contributed by atoms with Crippen LogP contribution in [0.25, 0.3) is 0 Å². The quantitative estimate of drug-likeness (QED) is 0.431. The molecular formula is C19H15ClFN5O5. The van der Waals surface area contributed by atoms with Gasteiger partial charge in [0, 0.05) is 26.2 Å². The molecule has 1 fully saturated rings. The van der Waals surface area contributed by atoms with Crippen LogP contribution in [-0.2, 0) is 0 Å². The average molecular weight is 448 g/mol. The van der Waals surface area contributed by atoms with Crippen molar-refractivity contribution < 1.29 is 23.3 Å². The zero-order valence-electron chi connectivity index (χ0n) is 15.9. The van der Waals surface area contributed by atoms with Gasteiger partial charge in [-0.05, 0) is 30.3 Å². The van der Waals surface area contributed by atoms with E-state index in [1.54, 1.807) is 21.9 Å². The number of hydrogen-bond donors (Lipinski definition) is 0. The fraction of sp³-hybridized carbons (Fsp3) is 0.211. The number of nitro groups is 1. The molecule has 0 atom stereocenters. The number of furan rings is 1. The number of ether oxygens (including phenoxy) is 1. The third kappa shape index (κ3) is 4.26. The van der Waals surface area contributed by atoms with Gasteiger partial charge in [0.1, 0.15) is 17.9 Å². The SMILES string of the molecule is O=C(c1ccco1)N1CCN(c2ncnc(Oc3ccc(F)cc3Cl)c2[N+](=O)[O-])CC1. The van der Waals surface area contributed by atoms with E-state index in [-0.39, 0.29) is 34.1 Å². The van der Waals surface area contributed by atoms with Gasteiger partial charge in [0.15, 0.2) is 5.76 Å². The molecule has 10 nitrogen and oxygen atoms in total. The Hall–Kier alpha value is -3.73. The molecular weight excluding hydrogens is 433 g/mol. The van der Waals surface area contributed by atoms with Gasteiger partial charge in [-0.1, -0.05) is 11.6 Å². The largest absolute Gasteiger partial charge is 0.459 e. The minimum absolute atomic E-state index is 0.0182. The first kappa shape index (κ1) is 20.5. The number of aromatic nitrogens is 2. The van der Waals surface area contributed by atoms with Crippen molar-refractivity contribution in [2.75, 3.05) is 31.1 Å². The van der Waals surface area contributed by atoms with Gasteiger partial charge < -0.3 is 19.0 Å². The molecule has 1 aliphatic heterocycles. The van der Waals surface area contributed by atoms with Crippen LogP contribution in [0.2, 0.25) is 5.02 Å². The van der Waals surface area contributed by atoms with Crippen molar-refractivity contribution in [2.24, 2.45) is 0 Å². The summed E-state index contributed by atoms with van der Waals surface area (Å²) in [5.74, 6) is -0.844. The summed E-state index contributed by atoms with van der Waals surface area (Å²) in [7, 11) is 0. The van der Waals surface area contributed by atoms with Crippen molar-refractivity contribution in [3.05, 3.63) is 69.6 Å². The molecule has 0 aliphatic carbocycles. The zero-order valence-corrected chi connectivity index (χ0v) is 16.7.